The van der Waals surface area contributed by atoms with Gasteiger partial charge in [0, 0.05) is 13.2 Å². The quantitative estimate of drug-likeness (QED) is 0.398. The molecule has 0 unspecified atom stereocenters. The Morgan fingerprint density at radius 2 is 2.12 bits per heavy atom. The fraction of sp³-hybridized carbons (Fsp3) is 0.667. The molecule has 0 saturated heterocycles. The normalized spacial score (nSPS) is 10.9. The Hall–Kier alpha value is -1.47. The topological polar surface area (TPSA) is 79.4 Å². The Morgan fingerprint density at radius 1 is 1.50 bits per heavy atom. The van der Waals surface area contributed by atoms with Gasteiger partial charge in [-0.05, 0) is 18.8 Å². The molecule has 7 nitrogen and oxygen atoms in total. The zero-order valence-corrected chi connectivity index (χ0v) is 9.33. The van der Waals surface area contributed by atoms with Crippen molar-refractivity contribution < 1.29 is 14.4 Å². The summed E-state index contributed by atoms with van der Waals surface area (Å²) >= 11 is 0. The van der Waals surface area contributed by atoms with Crippen LogP contribution >= 0.6 is 0 Å². The molecule has 1 rings (SSSR count). The number of ether oxygens (including phenoxy) is 2. The molecule has 0 atom stereocenters. The van der Waals surface area contributed by atoms with Crippen LogP contribution in [0.2, 0.25) is 0 Å². The van der Waals surface area contributed by atoms with Crippen molar-refractivity contribution in [2.24, 2.45) is 0 Å². The lowest BCUT2D eigenvalue weighted by Gasteiger charge is -2.14. The maximum atomic E-state index is 10.4. The molecule has 0 aliphatic heterocycles. The van der Waals surface area contributed by atoms with Gasteiger partial charge in [0.1, 0.15) is 6.54 Å². The second-order valence-electron chi connectivity index (χ2n) is 2.99. The zero-order chi connectivity index (χ0) is 12.0. The molecular weight excluding hydrogens is 214 g/mol. The highest BCUT2D eigenvalue weighted by Gasteiger charge is 2.15. The van der Waals surface area contributed by atoms with Gasteiger partial charge in [0.05, 0.1) is 17.4 Å². The Bertz CT molecular complexity index is 333. The van der Waals surface area contributed by atoms with Gasteiger partial charge in [0.15, 0.2) is 6.29 Å². The third kappa shape index (κ3) is 3.59. The van der Waals surface area contributed by atoms with Gasteiger partial charge in [0.25, 0.3) is 0 Å². The summed E-state index contributed by atoms with van der Waals surface area (Å²) < 4.78 is 12.0. The van der Waals surface area contributed by atoms with Crippen LogP contribution < -0.4 is 0 Å². The van der Waals surface area contributed by atoms with Crippen molar-refractivity contribution in [1.29, 1.82) is 0 Å². The molecule has 16 heavy (non-hydrogen) atoms. The van der Waals surface area contributed by atoms with Crippen LogP contribution in [0.3, 0.4) is 0 Å². The van der Waals surface area contributed by atoms with Crippen molar-refractivity contribution in [3.05, 3.63) is 22.4 Å². The summed E-state index contributed by atoms with van der Waals surface area (Å²) in [5.74, 6) is -0.174. The Balaban J connectivity index is 2.58. The van der Waals surface area contributed by atoms with Gasteiger partial charge in [-0.25, -0.2) is 0 Å². The number of hydrogen-bond acceptors (Lipinski definition) is 5. The smallest absolute Gasteiger partial charge is 0.358 e. The first-order chi connectivity index (χ1) is 7.67. The average molecular weight is 229 g/mol. The molecular formula is C9H15N3O4. The van der Waals surface area contributed by atoms with Crippen molar-refractivity contribution in [1.82, 2.24) is 9.78 Å². The molecule has 0 saturated carbocycles. The predicted molar refractivity (Wildman–Crippen MR) is 55.9 cm³/mol. The summed E-state index contributed by atoms with van der Waals surface area (Å²) in [5.41, 5.74) is 0. The van der Waals surface area contributed by atoms with Crippen LogP contribution in [0.5, 0.6) is 0 Å². The summed E-state index contributed by atoms with van der Waals surface area (Å²) in [6.45, 7) is 5.10. The molecule has 1 heterocycles. The standard InChI is InChI=1S/C9H15N3O4/c1-3-15-9(16-4-2)7-11-6-5-8(10-11)12(13)14/h5-6,9H,3-4,7H2,1-2H3. The number of aromatic nitrogens is 2. The van der Waals surface area contributed by atoms with Crippen molar-refractivity contribution in [3.63, 3.8) is 0 Å². The van der Waals surface area contributed by atoms with E-state index in [0.29, 0.717) is 19.8 Å². The fourth-order valence-corrected chi connectivity index (χ4v) is 1.23. The van der Waals surface area contributed by atoms with Crippen molar-refractivity contribution >= 4 is 5.82 Å². The largest absolute Gasteiger partial charge is 0.389 e. The molecule has 1 aromatic rings. The van der Waals surface area contributed by atoms with Crippen LogP contribution in [-0.2, 0) is 16.0 Å². The highest BCUT2D eigenvalue weighted by atomic mass is 16.7. The van der Waals surface area contributed by atoms with Crippen molar-refractivity contribution in [2.75, 3.05) is 13.2 Å². The van der Waals surface area contributed by atoms with Gasteiger partial charge in [-0.2, -0.15) is 4.68 Å². The Morgan fingerprint density at radius 3 is 2.56 bits per heavy atom. The van der Waals surface area contributed by atoms with E-state index in [1.807, 2.05) is 13.8 Å². The Kier molecular flexibility index (Phi) is 4.87. The third-order valence-electron chi connectivity index (χ3n) is 1.85. The number of rotatable bonds is 7. The molecule has 0 bridgehead atoms. The Labute approximate surface area is 93.1 Å². The second kappa shape index (κ2) is 6.19. The molecule has 0 N–H and O–H groups in total. The van der Waals surface area contributed by atoms with Crippen molar-refractivity contribution in [3.8, 4) is 0 Å². The minimum atomic E-state index is -0.535. The average Bonchev–Trinajstić information content (AvgIpc) is 2.67. The first-order valence-corrected chi connectivity index (χ1v) is 5.08. The molecule has 0 aliphatic carbocycles. The van der Waals surface area contributed by atoms with Crippen LogP contribution in [0.4, 0.5) is 5.82 Å². The van der Waals surface area contributed by atoms with Crippen LogP contribution in [0.15, 0.2) is 12.3 Å². The highest BCUT2D eigenvalue weighted by molar-refractivity contribution is 5.13. The third-order valence-corrected chi connectivity index (χ3v) is 1.85. The van der Waals surface area contributed by atoms with Gasteiger partial charge >= 0.3 is 5.82 Å². The van der Waals surface area contributed by atoms with Gasteiger partial charge < -0.3 is 19.6 Å². The van der Waals surface area contributed by atoms with E-state index in [4.69, 9.17) is 9.47 Å². The van der Waals surface area contributed by atoms with E-state index in [9.17, 15) is 10.1 Å². The van der Waals surface area contributed by atoms with E-state index in [1.54, 1.807) is 0 Å². The molecule has 0 amide bonds. The summed E-state index contributed by atoms with van der Waals surface area (Å²) in [6, 6.07) is 1.34. The molecule has 0 aromatic carbocycles. The SMILES string of the molecule is CCOC(Cn1ccc([N+](=O)[O-])n1)OCC. The molecule has 0 aliphatic rings. The lowest BCUT2D eigenvalue weighted by molar-refractivity contribution is -0.389. The summed E-state index contributed by atoms with van der Waals surface area (Å²) in [5, 5.41) is 14.2. The van der Waals surface area contributed by atoms with E-state index in [-0.39, 0.29) is 5.82 Å². The molecule has 90 valence electrons. The van der Waals surface area contributed by atoms with E-state index in [1.165, 1.54) is 16.9 Å². The number of nitro groups is 1. The molecule has 0 radical (unpaired) electrons. The van der Waals surface area contributed by atoms with E-state index >= 15 is 0 Å². The zero-order valence-electron chi connectivity index (χ0n) is 9.33. The lowest BCUT2D eigenvalue weighted by Crippen LogP contribution is -2.24. The van der Waals surface area contributed by atoms with Crippen LogP contribution in [0, 0.1) is 10.1 Å². The maximum absolute atomic E-state index is 10.4. The first kappa shape index (κ1) is 12.6. The van der Waals surface area contributed by atoms with E-state index < -0.39 is 11.2 Å². The first-order valence-electron chi connectivity index (χ1n) is 5.08. The predicted octanol–water partition coefficient (Wildman–Crippen LogP) is 1.19. The minimum absolute atomic E-state index is 0.174. The fourth-order valence-electron chi connectivity index (χ4n) is 1.23. The van der Waals surface area contributed by atoms with Crippen LogP contribution in [0.1, 0.15) is 13.8 Å². The highest BCUT2D eigenvalue weighted by Crippen LogP contribution is 2.07. The number of hydrogen-bond donors (Lipinski definition) is 0. The summed E-state index contributed by atoms with van der Waals surface area (Å²) in [7, 11) is 0. The number of nitrogens with zero attached hydrogens (tertiary/aromatic N) is 3. The van der Waals surface area contributed by atoms with Gasteiger partial charge in [-0.3, -0.25) is 0 Å². The van der Waals surface area contributed by atoms with Gasteiger partial charge in [-0.1, -0.05) is 0 Å². The van der Waals surface area contributed by atoms with Gasteiger partial charge in [0.2, 0.25) is 0 Å². The molecule has 0 spiro atoms. The van der Waals surface area contributed by atoms with E-state index in [0.717, 1.165) is 0 Å². The van der Waals surface area contributed by atoms with Crippen LogP contribution in [-0.4, -0.2) is 34.2 Å². The van der Waals surface area contributed by atoms with Crippen LogP contribution in [0.25, 0.3) is 0 Å². The van der Waals surface area contributed by atoms with Crippen molar-refractivity contribution in [2.45, 2.75) is 26.7 Å². The monoisotopic (exact) mass is 229 g/mol. The molecule has 1 aromatic heterocycles. The van der Waals surface area contributed by atoms with E-state index in [2.05, 4.69) is 5.10 Å². The summed E-state index contributed by atoms with van der Waals surface area (Å²) in [4.78, 5) is 9.88. The molecule has 0 fully saturated rings. The lowest BCUT2D eigenvalue weighted by atomic mass is 10.6. The second-order valence-corrected chi connectivity index (χ2v) is 2.99. The van der Waals surface area contributed by atoms with Gasteiger partial charge in [-0.15, -0.1) is 0 Å². The maximum Gasteiger partial charge on any atom is 0.389 e. The molecule has 7 heteroatoms. The minimum Gasteiger partial charge on any atom is -0.358 e. The summed E-state index contributed by atoms with van der Waals surface area (Å²) in [6.07, 6.45) is 1.11.